The molecular weight excluding hydrogens is 394 g/mol. The minimum Gasteiger partial charge on any atom is -0.489 e. The van der Waals surface area contributed by atoms with Crippen LogP contribution in [-0.2, 0) is 17.9 Å². The summed E-state index contributed by atoms with van der Waals surface area (Å²) in [5.74, 6) is 0.273. The Bertz CT molecular complexity index is 1040. The van der Waals surface area contributed by atoms with Gasteiger partial charge in [-0.25, -0.2) is 4.79 Å². The SMILES string of the molecule is O=C1CCC(N2Cc3cc(O[C@H]4CC[C@H]4NCc4ccccc4)ccc3C2=O)C(O)=[NH+]1. The zero-order valence-corrected chi connectivity index (χ0v) is 17.2. The minimum absolute atomic E-state index is 0.112. The predicted molar refractivity (Wildman–Crippen MR) is 114 cm³/mol. The number of rotatable bonds is 6. The number of aliphatic hydroxyl groups is 1. The van der Waals surface area contributed by atoms with Gasteiger partial charge in [-0.3, -0.25) is 4.79 Å². The van der Waals surface area contributed by atoms with E-state index in [-0.39, 0.29) is 23.8 Å². The summed E-state index contributed by atoms with van der Waals surface area (Å²) in [5, 5.41) is 13.7. The van der Waals surface area contributed by atoms with Crippen molar-refractivity contribution in [1.82, 2.24) is 10.2 Å². The molecule has 7 nitrogen and oxygen atoms in total. The number of fused-ring (bicyclic) bond motifs is 1. The molecule has 2 amide bonds. The van der Waals surface area contributed by atoms with Crippen molar-refractivity contribution in [3.63, 3.8) is 0 Å². The third-order valence-corrected chi connectivity index (χ3v) is 6.42. The van der Waals surface area contributed by atoms with E-state index in [1.165, 1.54) is 5.56 Å². The molecule has 2 aromatic carbocycles. The molecule has 0 saturated heterocycles. The van der Waals surface area contributed by atoms with E-state index >= 15 is 0 Å². The van der Waals surface area contributed by atoms with Crippen LogP contribution in [0.2, 0.25) is 0 Å². The molecule has 1 unspecified atom stereocenters. The second kappa shape index (κ2) is 8.15. The molecule has 0 spiro atoms. The molecular formula is C24H26N3O4+. The van der Waals surface area contributed by atoms with Crippen molar-refractivity contribution in [2.45, 2.75) is 57.0 Å². The fourth-order valence-electron chi connectivity index (χ4n) is 4.50. The molecule has 2 aliphatic heterocycles. The van der Waals surface area contributed by atoms with Crippen molar-refractivity contribution in [1.29, 1.82) is 0 Å². The zero-order valence-electron chi connectivity index (χ0n) is 17.2. The first kappa shape index (κ1) is 19.8. The van der Waals surface area contributed by atoms with E-state index in [9.17, 15) is 14.7 Å². The highest BCUT2D eigenvalue weighted by Crippen LogP contribution is 2.32. The van der Waals surface area contributed by atoms with Crippen LogP contribution in [0, 0.1) is 0 Å². The van der Waals surface area contributed by atoms with Crippen molar-refractivity contribution < 1.29 is 24.4 Å². The average Bonchev–Trinajstić information content (AvgIpc) is 3.08. The smallest absolute Gasteiger partial charge is 0.388 e. The first-order valence-corrected chi connectivity index (χ1v) is 10.8. The number of hydrogen-bond acceptors (Lipinski definition) is 4. The quantitative estimate of drug-likeness (QED) is 0.650. The monoisotopic (exact) mass is 420 g/mol. The van der Waals surface area contributed by atoms with Crippen LogP contribution < -0.4 is 15.0 Å². The number of aliphatic hydroxyl groups excluding tert-OH is 1. The van der Waals surface area contributed by atoms with Crippen LogP contribution in [0.4, 0.5) is 0 Å². The highest BCUT2D eigenvalue weighted by Gasteiger charge is 2.41. The topological polar surface area (TPSA) is 92.8 Å². The molecule has 0 bridgehead atoms. The third kappa shape index (κ3) is 3.93. The van der Waals surface area contributed by atoms with Crippen LogP contribution in [0.3, 0.4) is 0 Å². The highest BCUT2D eigenvalue weighted by molar-refractivity contribution is 6.01. The highest BCUT2D eigenvalue weighted by atomic mass is 16.5. The summed E-state index contributed by atoms with van der Waals surface area (Å²) in [6, 6.07) is 15.7. The Kier molecular flexibility index (Phi) is 5.19. The minimum atomic E-state index is -0.486. The maximum atomic E-state index is 12.8. The van der Waals surface area contributed by atoms with Crippen LogP contribution >= 0.6 is 0 Å². The standard InChI is InChI=1S/C24H25N3O4/c28-22-11-9-20(23(29)26-22)27-14-16-12-17(6-7-18(16)24(27)30)31-21-10-8-19(21)25-13-15-4-2-1-3-5-15/h1-7,12,19-21,25H,8-11,13-14H2,(H,26,28,29)/p+1/t19-,20?,21+/m1/s1. The molecule has 0 radical (unpaired) electrons. The maximum Gasteiger partial charge on any atom is 0.388 e. The van der Waals surface area contributed by atoms with Gasteiger partial charge in [-0.05, 0) is 48.6 Å². The Morgan fingerprint density at radius 2 is 1.94 bits per heavy atom. The molecule has 1 saturated carbocycles. The van der Waals surface area contributed by atoms with Crippen LogP contribution in [0.15, 0.2) is 48.5 Å². The fourth-order valence-corrected chi connectivity index (χ4v) is 4.50. The van der Waals surface area contributed by atoms with Crippen molar-refractivity contribution in [2.75, 3.05) is 0 Å². The summed E-state index contributed by atoms with van der Waals surface area (Å²) in [5.41, 5.74) is 2.77. The van der Waals surface area contributed by atoms with Gasteiger partial charge >= 0.3 is 11.8 Å². The first-order valence-electron chi connectivity index (χ1n) is 10.8. The lowest BCUT2D eigenvalue weighted by Gasteiger charge is -2.37. The van der Waals surface area contributed by atoms with E-state index in [0.717, 1.165) is 30.7 Å². The lowest BCUT2D eigenvalue weighted by molar-refractivity contribution is -0.394. The van der Waals surface area contributed by atoms with Gasteiger partial charge in [0, 0.05) is 24.7 Å². The van der Waals surface area contributed by atoms with E-state index in [1.54, 1.807) is 11.0 Å². The first-order chi connectivity index (χ1) is 15.1. The summed E-state index contributed by atoms with van der Waals surface area (Å²) in [4.78, 5) is 28.3. The molecule has 0 aromatic heterocycles. The summed E-state index contributed by atoms with van der Waals surface area (Å²) in [6.45, 7) is 1.22. The number of nitrogens with zero attached hydrogens (tertiary/aromatic N) is 1. The zero-order chi connectivity index (χ0) is 21.4. The van der Waals surface area contributed by atoms with Gasteiger partial charge in [0.2, 0.25) is 0 Å². The molecule has 1 fully saturated rings. The van der Waals surface area contributed by atoms with Gasteiger partial charge in [0.05, 0.1) is 6.42 Å². The summed E-state index contributed by atoms with van der Waals surface area (Å²) in [6.07, 6.45) is 2.91. The molecule has 5 rings (SSSR count). The van der Waals surface area contributed by atoms with Gasteiger partial charge in [0.15, 0.2) is 6.04 Å². The van der Waals surface area contributed by atoms with Gasteiger partial charge in [-0.1, -0.05) is 30.3 Å². The Morgan fingerprint density at radius 3 is 2.68 bits per heavy atom. The maximum absolute atomic E-state index is 12.8. The van der Waals surface area contributed by atoms with Crippen molar-refractivity contribution >= 4 is 17.7 Å². The van der Waals surface area contributed by atoms with E-state index in [2.05, 4.69) is 22.4 Å². The number of nitrogens with one attached hydrogen (secondary N) is 2. The van der Waals surface area contributed by atoms with Crippen molar-refractivity contribution in [3.8, 4) is 5.75 Å². The van der Waals surface area contributed by atoms with Gasteiger partial charge < -0.3 is 20.1 Å². The number of carbonyl (C=O) groups excluding carboxylic acids is 2. The number of carbonyl (C=O) groups is 2. The molecule has 160 valence electrons. The molecule has 3 aliphatic rings. The second-order valence-corrected chi connectivity index (χ2v) is 8.45. The van der Waals surface area contributed by atoms with E-state index in [1.807, 2.05) is 30.3 Å². The van der Waals surface area contributed by atoms with E-state index < -0.39 is 6.04 Å². The fraction of sp³-hybridized carbons (Fsp3) is 0.375. The van der Waals surface area contributed by atoms with Crippen molar-refractivity contribution in [3.05, 3.63) is 65.2 Å². The number of ether oxygens (including phenoxy) is 1. The number of benzene rings is 2. The Labute approximate surface area is 180 Å². The lowest BCUT2D eigenvalue weighted by atomic mass is 9.88. The average molecular weight is 420 g/mol. The largest absolute Gasteiger partial charge is 0.489 e. The molecule has 31 heavy (non-hydrogen) atoms. The Morgan fingerprint density at radius 1 is 1.10 bits per heavy atom. The van der Waals surface area contributed by atoms with Gasteiger partial charge in [0.25, 0.3) is 5.91 Å². The van der Waals surface area contributed by atoms with E-state index in [4.69, 9.17) is 4.74 Å². The van der Waals surface area contributed by atoms with Gasteiger partial charge in [-0.15, -0.1) is 4.99 Å². The predicted octanol–water partition coefficient (Wildman–Crippen LogP) is 1.07. The lowest BCUT2D eigenvalue weighted by Crippen LogP contribution is -2.82. The van der Waals surface area contributed by atoms with E-state index in [0.29, 0.717) is 31.0 Å². The summed E-state index contributed by atoms with van der Waals surface area (Å²) in [7, 11) is 0. The van der Waals surface area contributed by atoms with Crippen molar-refractivity contribution in [2.24, 2.45) is 0 Å². The molecule has 3 atom stereocenters. The number of amides is 2. The normalized spacial score (nSPS) is 25.1. The molecule has 2 aromatic rings. The van der Waals surface area contributed by atoms with Crippen LogP contribution in [0.1, 0.15) is 47.2 Å². The summed E-state index contributed by atoms with van der Waals surface area (Å²) < 4.78 is 6.22. The Hall–Kier alpha value is -3.19. The molecule has 2 heterocycles. The molecule has 3 N–H and O–H groups in total. The van der Waals surface area contributed by atoms with Crippen LogP contribution in [-0.4, -0.2) is 45.9 Å². The number of hydrogen-bond donors (Lipinski definition) is 3. The van der Waals surface area contributed by atoms with Gasteiger partial charge in [-0.2, -0.15) is 0 Å². The molecule has 1 aliphatic carbocycles. The van der Waals surface area contributed by atoms with Crippen LogP contribution in [0.5, 0.6) is 5.75 Å². The van der Waals surface area contributed by atoms with Crippen LogP contribution in [0.25, 0.3) is 0 Å². The molecule has 7 heteroatoms. The van der Waals surface area contributed by atoms with Gasteiger partial charge in [0.1, 0.15) is 11.9 Å². The summed E-state index contributed by atoms with van der Waals surface area (Å²) >= 11 is 0. The second-order valence-electron chi connectivity index (χ2n) is 8.45. The third-order valence-electron chi connectivity index (χ3n) is 6.42. The Balaban J connectivity index is 1.22.